The molecule has 4 heteroatoms. The molecule has 3 nitrogen and oxygen atoms in total. The quantitative estimate of drug-likeness (QED) is 0.614. The van der Waals surface area contributed by atoms with Crippen LogP contribution in [0.3, 0.4) is 0 Å². The van der Waals surface area contributed by atoms with E-state index in [0.717, 1.165) is 29.0 Å². The Balaban J connectivity index is 1.56. The fourth-order valence-corrected chi connectivity index (χ4v) is 5.78. The number of rotatable bonds is 2. The average Bonchev–Trinajstić information content (AvgIpc) is 3.05. The van der Waals surface area contributed by atoms with Crippen LogP contribution in [0, 0.1) is 10.4 Å². The second-order valence-electron chi connectivity index (χ2n) is 8.48. The van der Waals surface area contributed by atoms with E-state index < -0.39 is 5.91 Å². The lowest BCUT2D eigenvalue weighted by Crippen LogP contribution is -2.25. The van der Waals surface area contributed by atoms with Crippen LogP contribution in [0.2, 0.25) is 0 Å². The van der Waals surface area contributed by atoms with Crippen LogP contribution in [0.5, 0.6) is 0 Å². The maximum Gasteiger partial charge on any atom is 0.248 e. The summed E-state index contributed by atoms with van der Waals surface area (Å²) >= 11 is 1.47. The topological polar surface area (TPSA) is 55.5 Å². The molecule has 3 aliphatic rings. The standard InChI is InChI=1S/C28H22N2OS/c29-28(31)20-11-14-26-19(15-20)10-13-25(30-32-26)24-16-18-6-2-3-7-21(18)23-12-9-17-5-1-4-8-22(17)27(23)24/h2-3,5-7,9-16,24H,1,4,8H2,(H2,29,31). The molecule has 1 aliphatic heterocycles. The van der Waals surface area contributed by atoms with E-state index in [-0.39, 0.29) is 5.92 Å². The normalized spacial score (nSPS) is 18.0. The van der Waals surface area contributed by atoms with Crippen molar-refractivity contribution in [1.29, 1.82) is 0 Å². The number of hydrogen-bond donors (Lipinski definition) is 1. The largest absolute Gasteiger partial charge is 0.366 e. The van der Waals surface area contributed by atoms with E-state index in [1.807, 2.05) is 12.1 Å². The van der Waals surface area contributed by atoms with Crippen LogP contribution in [-0.4, -0.2) is 11.6 Å². The summed E-state index contributed by atoms with van der Waals surface area (Å²) in [6.45, 7) is 0. The van der Waals surface area contributed by atoms with E-state index in [1.54, 1.807) is 6.07 Å². The van der Waals surface area contributed by atoms with Gasteiger partial charge in [-0.05, 0) is 81.1 Å². The van der Waals surface area contributed by atoms with Crippen LogP contribution in [0.15, 0.2) is 70.0 Å². The number of primary amides is 1. The monoisotopic (exact) mass is 434 g/mol. The number of carbonyl (C=O) groups is 1. The molecule has 2 aliphatic carbocycles. The summed E-state index contributed by atoms with van der Waals surface area (Å²) in [6, 6.07) is 18.8. The zero-order valence-corrected chi connectivity index (χ0v) is 18.4. The van der Waals surface area contributed by atoms with Gasteiger partial charge in [-0.25, -0.2) is 4.40 Å². The maximum atomic E-state index is 11.6. The van der Waals surface area contributed by atoms with E-state index in [1.165, 1.54) is 50.4 Å². The van der Waals surface area contributed by atoms with Gasteiger partial charge >= 0.3 is 0 Å². The van der Waals surface area contributed by atoms with Gasteiger partial charge in [-0.15, -0.1) is 0 Å². The predicted octanol–water partition coefficient (Wildman–Crippen LogP) is 4.24. The van der Waals surface area contributed by atoms with E-state index in [2.05, 4.69) is 60.7 Å². The number of nitrogens with two attached hydrogens (primary N) is 1. The minimum atomic E-state index is -0.411. The van der Waals surface area contributed by atoms with Gasteiger partial charge in [0.15, 0.2) is 0 Å². The van der Waals surface area contributed by atoms with Crippen LogP contribution >= 0.6 is 11.9 Å². The minimum absolute atomic E-state index is 0.0926. The average molecular weight is 435 g/mol. The number of benzene rings is 3. The van der Waals surface area contributed by atoms with Gasteiger partial charge < -0.3 is 5.73 Å². The molecule has 156 valence electrons. The third-order valence-corrected chi connectivity index (χ3v) is 7.46. The summed E-state index contributed by atoms with van der Waals surface area (Å²) in [7, 11) is 0. The first-order chi connectivity index (χ1) is 15.7. The summed E-state index contributed by atoms with van der Waals surface area (Å²) in [6.07, 6.45) is 12.3. The van der Waals surface area contributed by atoms with Crippen LogP contribution in [0.25, 0.3) is 18.2 Å². The van der Waals surface area contributed by atoms with Crippen molar-refractivity contribution in [2.75, 3.05) is 0 Å². The van der Waals surface area contributed by atoms with Crippen molar-refractivity contribution >= 4 is 41.8 Å². The molecule has 0 aromatic heterocycles. The second-order valence-corrected chi connectivity index (χ2v) is 9.29. The van der Waals surface area contributed by atoms with Crippen LogP contribution in [-0.2, 0) is 6.42 Å². The molecular formula is C28H22N2OS. The lowest BCUT2D eigenvalue weighted by molar-refractivity contribution is 0.1000. The summed E-state index contributed by atoms with van der Waals surface area (Å²) in [5.74, 6) is -0.319. The minimum Gasteiger partial charge on any atom is -0.366 e. The molecule has 3 aromatic rings. The van der Waals surface area contributed by atoms with E-state index in [4.69, 9.17) is 10.1 Å². The molecular weight excluding hydrogens is 412 g/mol. The molecule has 0 fully saturated rings. The van der Waals surface area contributed by atoms with Gasteiger partial charge in [0.25, 0.3) is 0 Å². The van der Waals surface area contributed by atoms with Crippen molar-refractivity contribution in [3.05, 3.63) is 104 Å². The zero-order valence-electron chi connectivity index (χ0n) is 17.5. The zero-order chi connectivity index (χ0) is 21.7. The fraction of sp³-hybridized carbons (Fsp3) is 0.143. The van der Waals surface area contributed by atoms with Crippen molar-refractivity contribution < 1.29 is 4.79 Å². The molecule has 1 atom stereocenters. The molecule has 1 unspecified atom stereocenters. The Morgan fingerprint density at radius 3 is 2.81 bits per heavy atom. The summed E-state index contributed by atoms with van der Waals surface area (Å²) in [5.41, 5.74) is 10.9. The van der Waals surface area contributed by atoms with Crippen LogP contribution < -0.4 is 16.2 Å². The van der Waals surface area contributed by atoms with Crippen molar-refractivity contribution in [3.8, 4) is 0 Å². The first-order valence-corrected chi connectivity index (χ1v) is 11.8. The predicted molar refractivity (Wildman–Crippen MR) is 132 cm³/mol. The Bertz CT molecular complexity index is 1570. The number of carbonyl (C=O) groups excluding carboxylic acids is 1. The number of nitrogens with zero attached hydrogens (tertiary/aromatic N) is 1. The number of allylic oxidation sites excluding steroid dienone is 1. The smallest absolute Gasteiger partial charge is 0.248 e. The Kier molecular flexibility index (Phi) is 4.62. The van der Waals surface area contributed by atoms with Gasteiger partial charge in [-0.3, -0.25) is 4.79 Å². The van der Waals surface area contributed by atoms with Gasteiger partial charge in [0.2, 0.25) is 5.91 Å². The Morgan fingerprint density at radius 1 is 1.00 bits per heavy atom. The Labute approximate surface area is 190 Å². The molecule has 0 saturated heterocycles. The molecule has 0 saturated carbocycles. The number of amides is 1. The fourth-order valence-electron chi connectivity index (χ4n) is 5.05. The number of hydrogen-bond acceptors (Lipinski definition) is 3. The third-order valence-electron chi connectivity index (χ3n) is 6.59. The van der Waals surface area contributed by atoms with Crippen molar-refractivity contribution in [3.63, 3.8) is 0 Å². The Morgan fingerprint density at radius 2 is 1.91 bits per heavy atom. The molecule has 1 amide bonds. The summed E-state index contributed by atoms with van der Waals surface area (Å²) < 4.78 is 4.97. The van der Waals surface area contributed by atoms with Gasteiger partial charge in [0.05, 0.1) is 5.71 Å². The SMILES string of the molecule is NC(=O)c1ccc2c(c1)C=CC(C1C=c3ccccc3=c3ccc4c(c31)CCCC=4)=NS2. The summed E-state index contributed by atoms with van der Waals surface area (Å²) in [4.78, 5) is 12.7. The van der Waals surface area contributed by atoms with E-state index >= 15 is 0 Å². The molecule has 6 rings (SSSR count). The molecule has 0 bridgehead atoms. The first kappa shape index (κ1) is 19.3. The molecule has 0 spiro atoms. The van der Waals surface area contributed by atoms with Crippen LogP contribution in [0.1, 0.15) is 45.8 Å². The van der Waals surface area contributed by atoms with E-state index in [0.29, 0.717) is 5.56 Å². The van der Waals surface area contributed by atoms with E-state index in [9.17, 15) is 4.79 Å². The highest BCUT2D eigenvalue weighted by Crippen LogP contribution is 2.34. The Hall–Kier alpha value is -3.37. The molecule has 1 heterocycles. The maximum absolute atomic E-state index is 11.6. The van der Waals surface area contributed by atoms with Gasteiger partial charge in [-0.2, -0.15) is 0 Å². The highest BCUT2D eigenvalue weighted by Gasteiger charge is 2.24. The molecule has 3 aromatic carbocycles. The van der Waals surface area contributed by atoms with Crippen LogP contribution in [0.4, 0.5) is 0 Å². The van der Waals surface area contributed by atoms with Gasteiger partial charge in [0.1, 0.15) is 0 Å². The highest BCUT2D eigenvalue weighted by atomic mass is 32.2. The first-order valence-electron chi connectivity index (χ1n) is 11.0. The van der Waals surface area contributed by atoms with Crippen molar-refractivity contribution in [1.82, 2.24) is 0 Å². The molecule has 32 heavy (non-hydrogen) atoms. The second kappa shape index (κ2) is 7.64. The van der Waals surface area contributed by atoms with Crippen molar-refractivity contribution in [2.24, 2.45) is 10.1 Å². The van der Waals surface area contributed by atoms with Crippen molar-refractivity contribution in [2.45, 2.75) is 30.1 Å². The lowest BCUT2D eigenvalue weighted by atomic mass is 9.80. The molecule has 0 radical (unpaired) electrons. The highest BCUT2D eigenvalue weighted by molar-refractivity contribution is 7.98. The summed E-state index contributed by atoms with van der Waals surface area (Å²) in [5, 5.41) is 5.24. The number of fused-ring (bicyclic) bond motifs is 5. The lowest BCUT2D eigenvalue weighted by Gasteiger charge is -2.23. The third kappa shape index (κ3) is 3.14. The van der Waals surface area contributed by atoms with Gasteiger partial charge in [-0.1, -0.05) is 54.6 Å². The van der Waals surface area contributed by atoms with Gasteiger partial charge in [0, 0.05) is 28.3 Å². The molecule has 2 N–H and O–H groups in total.